The standard InChI is InChI=1S/C34H54N4O10/c1-21(2)19-35-31(43)25(14-16-27(39)45-33(5,6)7)47-37-29(41)23-12-11-13-24(18-23)30(42)38-48-26(32(44)36-20-22(3)4)15-17-28(40)46-34(8,9)10/h11-13,18,21-22,25-26H,14-17,19-20H2,1-10H3,(H,35,43)(H,36,44)(H,37,41)(H,38,42)/t25-,26-/m1/s1. The number of carbonyl (C=O) groups excluding carboxylic acids is 6. The molecular formula is C34H54N4O10. The zero-order valence-electron chi connectivity index (χ0n) is 29.9. The summed E-state index contributed by atoms with van der Waals surface area (Å²) in [5, 5.41) is 5.45. The molecule has 1 rings (SSSR count). The Morgan fingerprint density at radius 1 is 0.625 bits per heavy atom. The Kier molecular flexibility index (Phi) is 17.2. The molecule has 2 atom stereocenters. The van der Waals surface area contributed by atoms with E-state index in [9.17, 15) is 28.8 Å². The highest BCUT2D eigenvalue weighted by atomic mass is 16.7. The van der Waals surface area contributed by atoms with Crippen LogP contribution in [0, 0.1) is 11.8 Å². The number of hydrogen-bond acceptors (Lipinski definition) is 10. The Morgan fingerprint density at radius 3 is 1.29 bits per heavy atom. The molecule has 0 saturated heterocycles. The van der Waals surface area contributed by atoms with Gasteiger partial charge in [-0.1, -0.05) is 33.8 Å². The summed E-state index contributed by atoms with van der Waals surface area (Å²) >= 11 is 0. The SMILES string of the molecule is CC(C)CNC(=O)[C@@H](CCC(=O)OC(C)(C)C)ONC(=O)c1cccc(C(=O)NO[C@H](CCC(=O)OC(C)(C)C)C(=O)NCC(C)C)c1. The van der Waals surface area contributed by atoms with Crippen molar-refractivity contribution in [3.63, 3.8) is 0 Å². The third-order valence-corrected chi connectivity index (χ3v) is 5.99. The maximum absolute atomic E-state index is 12.9. The predicted molar refractivity (Wildman–Crippen MR) is 177 cm³/mol. The molecule has 0 bridgehead atoms. The van der Waals surface area contributed by atoms with E-state index in [1.165, 1.54) is 24.3 Å². The molecule has 0 saturated carbocycles. The summed E-state index contributed by atoms with van der Waals surface area (Å²) < 4.78 is 10.6. The lowest BCUT2D eigenvalue weighted by molar-refractivity contribution is -0.157. The number of amides is 4. The topological polar surface area (TPSA) is 187 Å². The molecule has 4 amide bonds. The molecule has 1 aromatic carbocycles. The summed E-state index contributed by atoms with van der Waals surface area (Å²) in [5.74, 6) is -3.28. The number of benzene rings is 1. The van der Waals surface area contributed by atoms with Crippen LogP contribution >= 0.6 is 0 Å². The first-order valence-corrected chi connectivity index (χ1v) is 16.2. The van der Waals surface area contributed by atoms with Gasteiger partial charge in [0.05, 0.1) is 0 Å². The number of carbonyl (C=O) groups is 6. The lowest BCUT2D eigenvalue weighted by Gasteiger charge is -2.21. The van der Waals surface area contributed by atoms with Gasteiger partial charge in [0.1, 0.15) is 11.2 Å². The van der Waals surface area contributed by atoms with Gasteiger partial charge < -0.3 is 20.1 Å². The Bertz CT molecular complexity index is 1160. The molecule has 14 nitrogen and oxygen atoms in total. The minimum absolute atomic E-state index is 0.0206. The molecule has 48 heavy (non-hydrogen) atoms. The van der Waals surface area contributed by atoms with E-state index in [1.54, 1.807) is 41.5 Å². The quantitative estimate of drug-likeness (QED) is 0.132. The number of nitrogens with one attached hydrogen (secondary N) is 4. The van der Waals surface area contributed by atoms with Crippen LogP contribution in [0.1, 0.15) is 116 Å². The van der Waals surface area contributed by atoms with E-state index in [0.29, 0.717) is 13.1 Å². The fourth-order valence-electron chi connectivity index (χ4n) is 3.78. The van der Waals surface area contributed by atoms with E-state index in [0.717, 1.165) is 0 Å². The number of ether oxygens (including phenoxy) is 2. The smallest absolute Gasteiger partial charge is 0.306 e. The Balaban J connectivity index is 2.93. The normalized spacial score (nSPS) is 12.9. The predicted octanol–water partition coefficient (Wildman–Crippen LogP) is 3.53. The van der Waals surface area contributed by atoms with Crippen LogP contribution in [0.5, 0.6) is 0 Å². The van der Waals surface area contributed by atoms with Crippen LogP contribution in [-0.4, -0.2) is 72.1 Å². The van der Waals surface area contributed by atoms with Crippen molar-refractivity contribution in [3.8, 4) is 0 Å². The molecule has 14 heteroatoms. The molecule has 0 spiro atoms. The van der Waals surface area contributed by atoms with Crippen LogP contribution in [0.15, 0.2) is 24.3 Å². The minimum Gasteiger partial charge on any atom is -0.460 e. The van der Waals surface area contributed by atoms with E-state index >= 15 is 0 Å². The minimum atomic E-state index is -1.19. The number of rotatable bonds is 18. The van der Waals surface area contributed by atoms with Gasteiger partial charge in [0, 0.05) is 37.1 Å². The summed E-state index contributed by atoms with van der Waals surface area (Å²) in [4.78, 5) is 86.8. The van der Waals surface area contributed by atoms with Crippen molar-refractivity contribution in [2.45, 2.75) is 118 Å². The molecule has 0 aliphatic heterocycles. The van der Waals surface area contributed by atoms with Crippen LogP contribution in [0.4, 0.5) is 0 Å². The Morgan fingerprint density at radius 2 is 0.979 bits per heavy atom. The second-order valence-electron chi connectivity index (χ2n) is 14.2. The van der Waals surface area contributed by atoms with Crippen molar-refractivity contribution in [1.29, 1.82) is 0 Å². The van der Waals surface area contributed by atoms with Gasteiger partial charge in [0.15, 0.2) is 12.2 Å². The van der Waals surface area contributed by atoms with Gasteiger partial charge in [0.2, 0.25) is 0 Å². The molecule has 1 aromatic rings. The van der Waals surface area contributed by atoms with E-state index in [1.807, 2.05) is 27.7 Å². The maximum Gasteiger partial charge on any atom is 0.306 e. The zero-order valence-corrected chi connectivity index (χ0v) is 29.9. The van der Waals surface area contributed by atoms with Crippen molar-refractivity contribution in [2.24, 2.45) is 11.8 Å². The highest BCUT2D eigenvalue weighted by molar-refractivity contribution is 5.99. The van der Waals surface area contributed by atoms with Gasteiger partial charge in [-0.05, 0) is 84.4 Å². The molecule has 0 fully saturated rings. The van der Waals surface area contributed by atoms with Gasteiger partial charge in [-0.2, -0.15) is 0 Å². The van der Waals surface area contributed by atoms with Crippen molar-refractivity contribution >= 4 is 35.6 Å². The largest absolute Gasteiger partial charge is 0.460 e. The molecule has 0 heterocycles. The summed E-state index contributed by atoms with van der Waals surface area (Å²) in [7, 11) is 0. The highest BCUT2D eigenvalue weighted by Crippen LogP contribution is 2.14. The lowest BCUT2D eigenvalue weighted by Crippen LogP contribution is -2.43. The van der Waals surface area contributed by atoms with Gasteiger partial charge >= 0.3 is 11.9 Å². The van der Waals surface area contributed by atoms with E-state index < -0.39 is 59.0 Å². The van der Waals surface area contributed by atoms with E-state index in [-0.39, 0.29) is 48.6 Å². The van der Waals surface area contributed by atoms with E-state index in [4.69, 9.17) is 19.1 Å². The lowest BCUT2D eigenvalue weighted by atomic mass is 10.1. The molecule has 270 valence electrons. The average molecular weight is 679 g/mol. The molecule has 0 unspecified atom stereocenters. The van der Waals surface area contributed by atoms with Crippen LogP contribution in [0.3, 0.4) is 0 Å². The molecule has 0 aliphatic carbocycles. The van der Waals surface area contributed by atoms with Crippen LogP contribution in [0.2, 0.25) is 0 Å². The highest BCUT2D eigenvalue weighted by Gasteiger charge is 2.26. The maximum atomic E-state index is 12.9. The van der Waals surface area contributed by atoms with Crippen LogP contribution in [0.25, 0.3) is 0 Å². The summed E-state index contributed by atoms with van der Waals surface area (Å²) in [6.07, 6.45) is -2.76. The molecule has 4 N–H and O–H groups in total. The van der Waals surface area contributed by atoms with Gasteiger partial charge in [-0.15, -0.1) is 0 Å². The first kappa shape index (κ1) is 42.0. The molecule has 0 aromatic heterocycles. The Hall–Kier alpha value is -4.04. The first-order valence-electron chi connectivity index (χ1n) is 16.2. The molecule has 0 radical (unpaired) electrons. The van der Waals surface area contributed by atoms with Crippen molar-refractivity contribution in [2.75, 3.05) is 13.1 Å². The molecular weight excluding hydrogens is 624 g/mol. The molecule has 0 aliphatic rings. The Labute approximate surface area is 283 Å². The zero-order chi connectivity index (χ0) is 36.7. The summed E-state index contributed by atoms with van der Waals surface area (Å²) in [6.45, 7) is 18.7. The van der Waals surface area contributed by atoms with Crippen molar-refractivity contribution < 1.29 is 47.9 Å². The van der Waals surface area contributed by atoms with Gasteiger partial charge in [-0.25, -0.2) is 11.0 Å². The van der Waals surface area contributed by atoms with Crippen molar-refractivity contribution in [1.82, 2.24) is 21.6 Å². The number of hydrogen-bond donors (Lipinski definition) is 4. The van der Waals surface area contributed by atoms with Crippen molar-refractivity contribution in [3.05, 3.63) is 35.4 Å². The summed E-state index contributed by atoms with van der Waals surface area (Å²) in [6, 6.07) is 5.57. The first-order chi connectivity index (χ1) is 22.2. The third kappa shape index (κ3) is 18.3. The van der Waals surface area contributed by atoms with E-state index in [2.05, 4.69) is 21.6 Å². The third-order valence-electron chi connectivity index (χ3n) is 5.99. The summed E-state index contributed by atoms with van der Waals surface area (Å²) in [5.41, 5.74) is 3.09. The fourth-order valence-corrected chi connectivity index (χ4v) is 3.78. The second-order valence-corrected chi connectivity index (χ2v) is 14.2. The van der Waals surface area contributed by atoms with Gasteiger partial charge in [0.25, 0.3) is 23.6 Å². The monoisotopic (exact) mass is 678 g/mol. The van der Waals surface area contributed by atoms with Gasteiger partial charge in [-0.3, -0.25) is 38.4 Å². The average Bonchev–Trinajstić information content (AvgIpc) is 2.96. The number of hydroxylamine groups is 2. The number of esters is 2. The fraction of sp³-hybridized carbons (Fsp3) is 0.647. The van der Waals surface area contributed by atoms with Crippen LogP contribution in [-0.2, 0) is 38.3 Å². The van der Waals surface area contributed by atoms with Crippen LogP contribution < -0.4 is 21.6 Å². The second kappa shape index (κ2) is 19.7.